The lowest BCUT2D eigenvalue weighted by atomic mass is 9.96. The summed E-state index contributed by atoms with van der Waals surface area (Å²) in [5.41, 5.74) is 0.713. The summed E-state index contributed by atoms with van der Waals surface area (Å²) in [7, 11) is 0. The summed E-state index contributed by atoms with van der Waals surface area (Å²) < 4.78 is 38.5. The quantitative estimate of drug-likeness (QED) is 0.911. The van der Waals surface area contributed by atoms with E-state index in [1.807, 2.05) is 13.8 Å². The SMILES string of the molecule is CC(C)C1CN(C(=O)C(F)(F)F)C(c2ccccc2)CN1. The van der Waals surface area contributed by atoms with Crippen LogP contribution in [0.1, 0.15) is 25.5 Å². The van der Waals surface area contributed by atoms with Crippen molar-refractivity contribution in [3.63, 3.8) is 0 Å². The molecule has 2 unspecified atom stereocenters. The number of rotatable bonds is 2. The molecular formula is C15H19F3N2O. The van der Waals surface area contributed by atoms with Gasteiger partial charge < -0.3 is 10.2 Å². The van der Waals surface area contributed by atoms with E-state index in [9.17, 15) is 18.0 Å². The second-order valence-electron chi connectivity index (χ2n) is 5.64. The van der Waals surface area contributed by atoms with Gasteiger partial charge in [-0.25, -0.2) is 0 Å². The predicted octanol–water partition coefficient (Wildman–Crippen LogP) is 2.75. The van der Waals surface area contributed by atoms with Gasteiger partial charge in [-0.05, 0) is 11.5 Å². The number of alkyl halides is 3. The maximum absolute atomic E-state index is 12.8. The molecule has 0 bridgehead atoms. The maximum Gasteiger partial charge on any atom is 0.471 e. The van der Waals surface area contributed by atoms with Gasteiger partial charge in [0.25, 0.3) is 0 Å². The van der Waals surface area contributed by atoms with Crippen LogP contribution in [0.3, 0.4) is 0 Å². The largest absolute Gasteiger partial charge is 0.471 e. The van der Waals surface area contributed by atoms with Crippen LogP contribution >= 0.6 is 0 Å². The van der Waals surface area contributed by atoms with Crippen molar-refractivity contribution in [3.05, 3.63) is 35.9 Å². The van der Waals surface area contributed by atoms with Crippen LogP contribution in [-0.2, 0) is 4.79 Å². The zero-order chi connectivity index (χ0) is 15.6. The monoisotopic (exact) mass is 300 g/mol. The summed E-state index contributed by atoms with van der Waals surface area (Å²) >= 11 is 0. The highest BCUT2D eigenvalue weighted by atomic mass is 19.4. The highest BCUT2D eigenvalue weighted by Gasteiger charge is 2.46. The van der Waals surface area contributed by atoms with Gasteiger partial charge in [-0.1, -0.05) is 44.2 Å². The molecule has 1 N–H and O–H groups in total. The van der Waals surface area contributed by atoms with Gasteiger partial charge in [0, 0.05) is 19.1 Å². The van der Waals surface area contributed by atoms with Crippen LogP contribution < -0.4 is 5.32 Å². The number of piperazine rings is 1. The number of carbonyl (C=O) groups is 1. The Hall–Kier alpha value is -1.56. The van der Waals surface area contributed by atoms with Crippen LogP contribution in [0.2, 0.25) is 0 Å². The average molecular weight is 300 g/mol. The molecule has 1 aromatic rings. The summed E-state index contributed by atoms with van der Waals surface area (Å²) in [4.78, 5) is 12.7. The van der Waals surface area contributed by atoms with E-state index in [1.165, 1.54) is 0 Å². The number of nitrogens with zero attached hydrogens (tertiary/aromatic N) is 1. The molecule has 116 valence electrons. The highest BCUT2D eigenvalue weighted by molar-refractivity contribution is 5.82. The Kier molecular flexibility index (Phi) is 4.56. The van der Waals surface area contributed by atoms with Crippen LogP contribution in [0.15, 0.2) is 30.3 Å². The topological polar surface area (TPSA) is 32.3 Å². The van der Waals surface area contributed by atoms with E-state index in [-0.39, 0.29) is 18.5 Å². The van der Waals surface area contributed by atoms with Crippen molar-refractivity contribution in [1.82, 2.24) is 10.2 Å². The standard InChI is InChI=1S/C15H19F3N2O/c1-10(2)12-9-20(14(21)15(16,17)18)13(8-19-12)11-6-4-3-5-7-11/h3-7,10,12-13,19H,8-9H2,1-2H3. The number of hydrogen-bond acceptors (Lipinski definition) is 2. The molecule has 1 aliphatic heterocycles. The predicted molar refractivity (Wildman–Crippen MR) is 73.6 cm³/mol. The number of halogens is 3. The summed E-state index contributed by atoms with van der Waals surface area (Å²) in [6.07, 6.45) is -4.84. The average Bonchev–Trinajstić information content (AvgIpc) is 2.45. The first kappa shape index (κ1) is 15.8. The van der Waals surface area contributed by atoms with Crippen molar-refractivity contribution in [3.8, 4) is 0 Å². The second kappa shape index (κ2) is 6.05. The molecule has 21 heavy (non-hydrogen) atoms. The third kappa shape index (κ3) is 3.56. The molecule has 1 heterocycles. The normalized spacial score (nSPS) is 23.4. The van der Waals surface area contributed by atoms with Gasteiger partial charge in [0.2, 0.25) is 0 Å². The molecular weight excluding hydrogens is 281 g/mol. The Balaban J connectivity index is 2.28. The molecule has 0 radical (unpaired) electrons. The van der Waals surface area contributed by atoms with Gasteiger partial charge in [-0.2, -0.15) is 13.2 Å². The molecule has 1 aliphatic rings. The van der Waals surface area contributed by atoms with Crippen molar-refractivity contribution in [2.45, 2.75) is 32.1 Å². The van der Waals surface area contributed by atoms with Crippen LogP contribution in [-0.4, -0.2) is 36.1 Å². The molecule has 0 aromatic heterocycles. The first-order valence-corrected chi connectivity index (χ1v) is 6.97. The number of hydrogen-bond donors (Lipinski definition) is 1. The van der Waals surface area contributed by atoms with E-state index >= 15 is 0 Å². The minimum atomic E-state index is -4.84. The molecule has 1 aromatic carbocycles. The Labute approximate surface area is 122 Å². The third-order valence-electron chi connectivity index (χ3n) is 3.84. The molecule has 0 saturated carbocycles. The third-order valence-corrected chi connectivity index (χ3v) is 3.84. The highest BCUT2D eigenvalue weighted by Crippen LogP contribution is 2.30. The first-order valence-electron chi connectivity index (χ1n) is 6.97. The fourth-order valence-electron chi connectivity index (χ4n) is 2.58. The van der Waals surface area contributed by atoms with Crippen LogP contribution in [0.4, 0.5) is 13.2 Å². The summed E-state index contributed by atoms with van der Waals surface area (Å²) in [5.74, 6) is -1.60. The van der Waals surface area contributed by atoms with E-state index in [0.29, 0.717) is 12.1 Å². The lowest BCUT2D eigenvalue weighted by molar-refractivity contribution is -0.189. The first-order chi connectivity index (χ1) is 9.80. The van der Waals surface area contributed by atoms with Crippen LogP contribution in [0.25, 0.3) is 0 Å². The lowest BCUT2D eigenvalue weighted by Gasteiger charge is -2.42. The summed E-state index contributed by atoms with van der Waals surface area (Å²) in [6.45, 7) is 4.25. The fraction of sp³-hybridized carbons (Fsp3) is 0.533. The molecule has 2 rings (SSSR count). The van der Waals surface area contributed by atoms with Gasteiger partial charge in [-0.3, -0.25) is 4.79 Å². The smallest absolute Gasteiger partial charge is 0.325 e. The van der Waals surface area contributed by atoms with Gasteiger partial charge in [0.1, 0.15) is 0 Å². The number of benzene rings is 1. The summed E-state index contributed by atoms with van der Waals surface area (Å²) in [5, 5.41) is 3.24. The van der Waals surface area contributed by atoms with E-state index in [4.69, 9.17) is 0 Å². The van der Waals surface area contributed by atoms with Gasteiger partial charge in [0.15, 0.2) is 0 Å². The van der Waals surface area contributed by atoms with Crippen molar-refractivity contribution >= 4 is 5.91 Å². The fourth-order valence-corrected chi connectivity index (χ4v) is 2.58. The minimum Gasteiger partial charge on any atom is -0.325 e. The van der Waals surface area contributed by atoms with E-state index in [0.717, 1.165) is 4.90 Å². The van der Waals surface area contributed by atoms with Crippen LogP contribution in [0, 0.1) is 5.92 Å². The molecule has 6 heteroatoms. The number of nitrogens with one attached hydrogen (secondary N) is 1. The lowest BCUT2D eigenvalue weighted by Crippen LogP contribution is -2.58. The molecule has 0 spiro atoms. The number of amides is 1. The van der Waals surface area contributed by atoms with E-state index < -0.39 is 18.1 Å². The number of carbonyl (C=O) groups excluding carboxylic acids is 1. The van der Waals surface area contributed by atoms with Crippen molar-refractivity contribution < 1.29 is 18.0 Å². The van der Waals surface area contributed by atoms with Gasteiger partial charge >= 0.3 is 12.1 Å². The van der Waals surface area contributed by atoms with Crippen molar-refractivity contribution in [2.24, 2.45) is 5.92 Å². The van der Waals surface area contributed by atoms with Crippen LogP contribution in [0.5, 0.6) is 0 Å². The second-order valence-corrected chi connectivity index (χ2v) is 5.64. The van der Waals surface area contributed by atoms with Gasteiger partial charge in [-0.15, -0.1) is 0 Å². The molecule has 3 nitrogen and oxygen atoms in total. The summed E-state index contributed by atoms with van der Waals surface area (Å²) in [6, 6.07) is 8.11. The zero-order valence-corrected chi connectivity index (χ0v) is 12.0. The van der Waals surface area contributed by atoms with Crippen molar-refractivity contribution in [2.75, 3.05) is 13.1 Å². The molecule has 0 aliphatic carbocycles. The Morgan fingerprint density at radius 2 is 1.90 bits per heavy atom. The van der Waals surface area contributed by atoms with Gasteiger partial charge in [0.05, 0.1) is 6.04 Å². The molecule has 2 atom stereocenters. The molecule has 1 saturated heterocycles. The zero-order valence-electron chi connectivity index (χ0n) is 12.0. The Bertz CT molecular complexity index is 487. The van der Waals surface area contributed by atoms with Crippen molar-refractivity contribution in [1.29, 1.82) is 0 Å². The van der Waals surface area contributed by atoms with E-state index in [2.05, 4.69) is 5.32 Å². The molecule has 1 fully saturated rings. The molecule has 1 amide bonds. The van der Waals surface area contributed by atoms with E-state index in [1.54, 1.807) is 30.3 Å². The minimum absolute atomic E-state index is 0.0651. The maximum atomic E-state index is 12.8. The Morgan fingerprint density at radius 1 is 1.29 bits per heavy atom. The Morgan fingerprint density at radius 3 is 2.43 bits per heavy atom.